The fourth-order valence-electron chi connectivity index (χ4n) is 3.85. The molecule has 8 heteroatoms. The monoisotopic (exact) mass is 434 g/mol. The van der Waals surface area contributed by atoms with Gasteiger partial charge in [-0.3, -0.25) is 4.99 Å². The zero-order valence-electron chi connectivity index (χ0n) is 16.9. The third kappa shape index (κ3) is 5.67. The molecule has 1 aromatic heterocycles. The molecule has 2 aliphatic rings. The molecule has 2 unspecified atom stereocenters. The Kier molecular flexibility index (Phi) is 7.12. The topological polar surface area (TPSA) is 62.0 Å². The van der Waals surface area contributed by atoms with Crippen LogP contribution in [0, 0.1) is 11.7 Å². The van der Waals surface area contributed by atoms with E-state index in [-0.39, 0.29) is 16.9 Å². The number of aliphatic imine (C=N–C) groups is 1. The second-order valence-corrected chi connectivity index (χ2v) is 8.26. The predicted octanol–water partition coefficient (Wildman–Crippen LogP) is 3.47. The summed E-state index contributed by atoms with van der Waals surface area (Å²) in [6, 6.07) is 9.08. The lowest BCUT2D eigenvalue weighted by Gasteiger charge is -2.21. The highest BCUT2D eigenvalue weighted by Gasteiger charge is 2.24. The van der Waals surface area contributed by atoms with Gasteiger partial charge in [0.1, 0.15) is 11.6 Å². The Bertz CT molecular complexity index is 840. The quantitative estimate of drug-likeness (QED) is 0.516. The van der Waals surface area contributed by atoms with Gasteiger partial charge in [-0.2, -0.15) is 0 Å². The zero-order valence-corrected chi connectivity index (χ0v) is 17.7. The molecule has 162 valence electrons. The molecule has 1 aromatic carbocycles. The van der Waals surface area contributed by atoms with Gasteiger partial charge in [0, 0.05) is 56.9 Å². The van der Waals surface area contributed by atoms with E-state index in [9.17, 15) is 4.39 Å². The Labute approximate surface area is 181 Å². The van der Waals surface area contributed by atoms with Crippen molar-refractivity contribution in [1.29, 1.82) is 0 Å². The van der Waals surface area contributed by atoms with Gasteiger partial charge in [0.25, 0.3) is 0 Å². The molecule has 0 spiro atoms. The summed E-state index contributed by atoms with van der Waals surface area (Å²) in [7, 11) is 0. The summed E-state index contributed by atoms with van der Waals surface area (Å²) in [6.07, 6.45) is 4.49. The molecule has 3 heterocycles. The zero-order chi connectivity index (χ0) is 20.8. The van der Waals surface area contributed by atoms with Gasteiger partial charge >= 0.3 is 0 Å². The number of nitrogens with zero attached hydrogens (tertiary/aromatic N) is 2. The summed E-state index contributed by atoms with van der Waals surface area (Å²) in [5.41, 5.74) is 0.855. The summed E-state index contributed by atoms with van der Waals surface area (Å²) in [5, 5.41) is 7.13. The summed E-state index contributed by atoms with van der Waals surface area (Å²) in [6.45, 7) is 4.72. The van der Waals surface area contributed by atoms with Crippen LogP contribution in [0.15, 0.2) is 46.0 Å². The van der Waals surface area contributed by atoms with E-state index in [4.69, 9.17) is 25.7 Å². The summed E-state index contributed by atoms with van der Waals surface area (Å²) >= 11 is 5.81. The number of guanidine groups is 1. The molecule has 0 amide bonds. The molecule has 6 nitrogen and oxygen atoms in total. The maximum atomic E-state index is 13.8. The van der Waals surface area contributed by atoms with Crippen LogP contribution in [0.25, 0.3) is 0 Å². The van der Waals surface area contributed by atoms with E-state index < -0.39 is 0 Å². The molecular formula is C22H28ClFN4O2. The van der Waals surface area contributed by atoms with Crippen molar-refractivity contribution in [2.45, 2.75) is 25.3 Å². The van der Waals surface area contributed by atoms with Crippen LogP contribution in [0.4, 0.5) is 10.1 Å². The molecule has 0 bridgehead atoms. The van der Waals surface area contributed by atoms with Gasteiger partial charge in [-0.15, -0.1) is 0 Å². The second kappa shape index (κ2) is 10.2. The maximum Gasteiger partial charge on any atom is 0.191 e. The van der Waals surface area contributed by atoms with Gasteiger partial charge in [-0.25, -0.2) is 4.39 Å². The molecule has 2 atom stereocenters. The third-order valence-electron chi connectivity index (χ3n) is 5.57. The van der Waals surface area contributed by atoms with Crippen molar-refractivity contribution in [3.63, 3.8) is 0 Å². The molecule has 2 N–H and O–H groups in total. The van der Waals surface area contributed by atoms with Crippen molar-refractivity contribution in [2.24, 2.45) is 10.9 Å². The first-order valence-electron chi connectivity index (χ1n) is 10.5. The number of nitrogens with one attached hydrogen (secondary N) is 2. The lowest BCUT2D eigenvalue weighted by Crippen LogP contribution is -2.45. The highest BCUT2D eigenvalue weighted by molar-refractivity contribution is 6.30. The van der Waals surface area contributed by atoms with Crippen molar-refractivity contribution < 1.29 is 13.5 Å². The van der Waals surface area contributed by atoms with Crippen molar-refractivity contribution in [3.05, 3.63) is 53.2 Å². The minimum atomic E-state index is -0.383. The number of hydrogen-bond donors (Lipinski definition) is 2. The Balaban J connectivity index is 1.33. The van der Waals surface area contributed by atoms with Gasteiger partial charge in [-0.1, -0.05) is 11.6 Å². The average Bonchev–Trinajstić information content (AvgIpc) is 3.51. The number of hydrogen-bond acceptors (Lipinski definition) is 4. The summed E-state index contributed by atoms with van der Waals surface area (Å²) in [4.78, 5) is 6.97. The molecule has 0 radical (unpaired) electrons. The van der Waals surface area contributed by atoms with E-state index >= 15 is 0 Å². The number of rotatable bonds is 7. The maximum absolute atomic E-state index is 13.8. The highest BCUT2D eigenvalue weighted by Crippen LogP contribution is 2.25. The highest BCUT2D eigenvalue weighted by atomic mass is 35.5. The van der Waals surface area contributed by atoms with E-state index in [1.807, 2.05) is 18.2 Å². The van der Waals surface area contributed by atoms with E-state index in [1.165, 1.54) is 6.07 Å². The molecule has 0 aliphatic carbocycles. The van der Waals surface area contributed by atoms with Gasteiger partial charge in [0.15, 0.2) is 5.96 Å². The van der Waals surface area contributed by atoms with Crippen molar-refractivity contribution in [2.75, 3.05) is 44.3 Å². The number of halogens is 2. The molecular weight excluding hydrogens is 407 g/mol. The van der Waals surface area contributed by atoms with Crippen LogP contribution >= 0.6 is 11.6 Å². The Morgan fingerprint density at radius 2 is 2.23 bits per heavy atom. The standard InChI is InChI=1S/C22H28ClFN4O2/c23-20-4-3-18(12-21(20)24)28-9-6-17(14-28)27-22(26-13-16-7-11-29-15-16)25-8-5-19-2-1-10-30-19/h1-4,10,12,16-17H,5-9,11,13-15H2,(H2,25,26,27). The minimum absolute atomic E-state index is 0.152. The van der Waals surface area contributed by atoms with Crippen LogP contribution < -0.4 is 15.5 Å². The van der Waals surface area contributed by atoms with Crippen LogP contribution in [-0.2, 0) is 11.2 Å². The van der Waals surface area contributed by atoms with Crippen LogP contribution in [-0.4, -0.2) is 51.4 Å². The fraction of sp³-hybridized carbons (Fsp3) is 0.500. The lowest BCUT2D eigenvalue weighted by atomic mass is 10.1. The van der Waals surface area contributed by atoms with Crippen LogP contribution in [0.5, 0.6) is 0 Å². The number of ether oxygens (including phenoxy) is 1. The first kappa shape index (κ1) is 21.0. The third-order valence-corrected chi connectivity index (χ3v) is 5.88. The molecule has 30 heavy (non-hydrogen) atoms. The molecule has 0 saturated carbocycles. The second-order valence-electron chi connectivity index (χ2n) is 7.85. The summed E-state index contributed by atoms with van der Waals surface area (Å²) < 4.78 is 24.7. The fourth-order valence-corrected chi connectivity index (χ4v) is 3.96. The molecule has 2 fully saturated rings. The van der Waals surface area contributed by atoms with Crippen LogP contribution in [0.3, 0.4) is 0 Å². The first-order chi connectivity index (χ1) is 14.7. The number of furan rings is 1. The van der Waals surface area contributed by atoms with Crippen LogP contribution in [0.1, 0.15) is 18.6 Å². The van der Waals surface area contributed by atoms with Crippen LogP contribution in [0.2, 0.25) is 5.02 Å². The molecule has 2 saturated heterocycles. The SMILES string of the molecule is Fc1cc(N2CCC(NC(=NCC3CCOC3)NCCc3ccco3)C2)ccc1Cl. The molecule has 4 rings (SSSR count). The van der Waals surface area contributed by atoms with E-state index in [0.717, 1.165) is 76.1 Å². The Morgan fingerprint density at radius 3 is 3.00 bits per heavy atom. The Hall–Kier alpha value is -2.25. The molecule has 2 aliphatic heterocycles. The van der Waals surface area contributed by atoms with Gasteiger partial charge in [-0.05, 0) is 43.2 Å². The van der Waals surface area contributed by atoms with E-state index in [1.54, 1.807) is 12.3 Å². The number of anilines is 1. The predicted molar refractivity (Wildman–Crippen MR) is 117 cm³/mol. The largest absolute Gasteiger partial charge is 0.469 e. The summed E-state index contributed by atoms with van der Waals surface area (Å²) in [5.74, 6) is 1.85. The smallest absolute Gasteiger partial charge is 0.191 e. The first-order valence-corrected chi connectivity index (χ1v) is 10.9. The van der Waals surface area contributed by atoms with Gasteiger partial charge in [0.2, 0.25) is 0 Å². The Morgan fingerprint density at radius 1 is 1.30 bits per heavy atom. The van der Waals surface area contributed by atoms with E-state index in [0.29, 0.717) is 5.92 Å². The lowest BCUT2D eigenvalue weighted by molar-refractivity contribution is 0.187. The van der Waals surface area contributed by atoms with Gasteiger partial charge < -0.3 is 24.7 Å². The normalized spacial score (nSPS) is 21.9. The average molecular weight is 435 g/mol. The number of benzene rings is 1. The van der Waals surface area contributed by atoms with Crippen molar-refractivity contribution >= 4 is 23.2 Å². The van der Waals surface area contributed by atoms with Crippen molar-refractivity contribution in [1.82, 2.24) is 10.6 Å². The van der Waals surface area contributed by atoms with Crippen molar-refractivity contribution in [3.8, 4) is 0 Å². The van der Waals surface area contributed by atoms with Gasteiger partial charge in [0.05, 0.1) is 17.9 Å². The van der Waals surface area contributed by atoms with E-state index in [2.05, 4.69) is 15.5 Å². The molecule has 2 aromatic rings. The minimum Gasteiger partial charge on any atom is -0.469 e.